The molecule has 0 saturated carbocycles. The summed E-state index contributed by atoms with van der Waals surface area (Å²) in [6.07, 6.45) is 0.111. The Kier molecular flexibility index (Phi) is 6.49. The van der Waals surface area contributed by atoms with Gasteiger partial charge in [-0.2, -0.15) is 0 Å². The molecule has 0 aliphatic carbocycles. The van der Waals surface area contributed by atoms with Crippen molar-refractivity contribution in [3.8, 4) is 0 Å². The van der Waals surface area contributed by atoms with Crippen LogP contribution in [0.15, 0.2) is 24.3 Å². The number of rotatable bonds is 5. The molecule has 1 aromatic carbocycles. The van der Waals surface area contributed by atoms with Crippen molar-refractivity contribution >= 4 is 29.4 Å². The van der Waals surface area contributed by atoms with Gasteiger partial charge in [-0.15, -0.1) is 0 Å². The minimum Gasteiger partial charge on any atom is -0.449 e. The number of ether oxygens (including phenoxy) is 2. The van der Waals surface area contributed by atoms with Crippen molar-refractivity contribution in [1.29, 1.82) is 0 Å². The van der Waals surface area contributed by atoms with Gasteiger partial charge in [-0.25, -0.2) is 4.79 Å². The SMILES string of the molecule is CC(C)(C)OC(=O)Nc1ccccc1CCC(=O)OCCl. The molecule has 0 aliphatic heterocycles. The van der Waals surface area contributed by atoms with Crippen LogP contribution in [0.5, 0.6) is 0 Å². The second kappa shape index (κ2) is 7.88. The molecule has 1 N–H and O–H groups in total. The van der Waals surface area contributed by atoms with Gasteiger partial charge in [0.1, 0.15) is 5.60 Å². The number of esters is 1. The molecule has 0 aromatic heterocycles. The summed E-state index contributed by atoms with van der Waals surface area (Å²) in [5.41, 5.74) is 0.878. The van der Waals surface area contributed by atoms with Gasteiger partial charge in [0.15, 0.2) is 6.07 Å². The van der Waals surface area contributed by atoms with E-state index in [1.54, 1.807) is 32.9 Å². The molecule has 1 amide bonds. The minimum atomic E-state index is -0.566. The molecular formula is C15H20ClNO4. The van der Waals surface area contributed by atoms with Gasteiger partial charge in [-0.3, -0.25) is 10.1 Å². The van der Waals surface area contributed by atoms with Gasteiger partial charge in [0.25, 0.3) is 0 Å². The average molecular weight is 314 g/mol. The zero-order valence-electron chi connectivity index (χ0n) is 12.4. The number of nitrogens with one attached hydrogen (secondary N) is 1. The molecule has 116 valence electrons. The topological polar surface area (TPSA) is 64.6 Å². The van der Waals surface area contributed by atoms with Crippen molar-refractivity contribution < 1.29 is 19.1 Å². The fourth-order valence-corrected chi connectivity index (χ4v) is 1.77. The highest BCUT2D eigenvalue weighted by Crippen LogP contribution is 2.18. The van der Waals surface area contributed by atoms with E-state index in [4.69, 9.17) is 16.3 Å². The Morgan fingerprint density at radius 1 is 1.24 bits per heavy atom. The maximum atomic E-state index is 11.8. The first kappa shape index (κ1) is 17.3. The third-order valence-corrected chi connectivity index (χ3v) is 2.58. The number of aryl methyl sites for hydroxylation is 1. The number of para-hydroxylation sites is 1. The number of anilines is 1. The van der Waals surface area contributed by atoms with Gasteiger partial charge in [0.05, 0.1) is 0 Å². The Hall–Kier alpha value is -1.75. The first-order valence-electron chi connectivity index (χ1n) is 6.61. The molecule has 0 aliphatic rings. The summed E-state index contributed by atoms with van der Waals surface area (Å²) >= 11 is 5.32. The number of amides is 1. The Morgan fingerprint density at radius 2 is 1.90 bits per heavy atom. The highest BCUT2D eigenvalue weighted by molar-refractivity contribution is 6.17. The van der Waals surface area contributed by atoms with Gasteiger partial charge in [0, 0.05) is 12.1 Å². The third-order valence-electron chi connectivity index (χ3n) is 2.47. The molecule has 0 bridgehead atoms. The normalized spacial score (nSPS) is 10.9. The van der Waals surface area contributed by atoms with E-state index in [9.17, 15) is 9.59 Å². The summed E-state index contributed by atoms with van der Waals surface area (Å²) in [6.45, 7) is 5.38. The van der Waals surface area contributed by atoms with Crippen molar-refractivity contribution in [2.45, 2.75) is 39.2 Å². The highest BCUT2D eigenvalue weighted by atomic mass is 35.5. The second-order valence-electron chi connectivity index (χ2n) is 5.41. The minimum absolute atomic E-state index is 0.156. The summed E-state index contributed by atoms with van der Waals surface area (Å²) in [5, 5.41) is 2.68. The number of carbonyl (C=O) groups excluding carboxylic acids is 2. The molecule has 6 heteroatoms. The average Bonchev–Trinajstić information content (AvgIpc) is 2.35. The summed E-state index contributed by atoms with van der Waals surface area (Å²) in [6, 6.07) is 7.07. The Bertz CT molecular complexity index is 497. The molecular weight excluding hydrogens is 294 g/mol. The lowest BCUT2D eigenvalue weighted by atomic mass is 10.1. The highest BCUT2D eigenvalue weighted by Gasteiger charge is 2.17. The Balaban J connectivity index is 2.66. The van der Waals surface area contributed by atoms with Crippen molar-refractivity contribution in [3.05, 3.63) is 29.8 Å². The largest absolute Gasteiger partial charge is 0.449 e. The molecule has 0 spiro atoms. The number of hydrogen-bond acceptors (Lipinski definition) is 4. The van der Waals surface area contributed by atoms with Gasteiger partial charge in [-0.1, -0.05) is 29.8 Å². The third kappa shape index (κ3) is 6.99. The smallest absolute Gasteiger partial charge is 0.412 e. The predicted molar refractivity (Wildman–Crippen MR) is 81.4 cm³/mol. The number of benzene rings is 1. The van der Waals surface area contributed by atoms with E-state index in [0.29, 0.717) is 12.1 Å². The summed E-state index contributed by atoms with van der Waals surface area (Å²) < 4.78 is 9.87. The van der Waals surface area contributed by atoms with E-state index in [1.807, 2.05) is 12.1 Å². The van der Waals surface area contributed by atoms with Crippen LogP contribution in [-0.4, -0.2) is 23.7 Å². The van der Waals surface area contributed by atoms with Crippen LogP contribution in [0.4, 0.5) is 10.5 Å². The second-order valence-corrected chi connectivity index (χ2v) is 5.63. The van der Waals surface area contributed by atoms with Crippen LogP contribution < -0.4 is 5.32 Å². The first-order valence-corrected chi connectivity index (χ1v) is 7.15. The molecule has 0 saturated heterocycles. The van der Waals surface area contributed by atoms with E-state index in [1.165, 1.54) is 0 Å². The van der Waals surface area contributed by atoms with E-state index in [2.05, 4.69) is 10.1 Å². The van der Waals surface area contributed by atoms with Crippen molar-refractivity contribution in [1.82, 2.24) is 0 Å². The first-order chi connectivity index (χ1) is 9.81. The monoisotopic (exact) mass is 313 g/mol. The van der Waals surface area contributed by atoms with Gasteiger partial charge in [-0.05, 0) is 38.8 Å². The predicted octanol–water partition coefficient (Wildman–Crippen LogP) is 3.71. The molecule has 0 heterocycles. The van der Waals surface area contributed by atoms with Gasteiger partial charge >= 0.3 is 12.1 Å². The van der Waals surface area contributed by atoms with Crippen LogP contribution in [0, 0.1) is 0 Å². The number of carbonyl (C=O) groups is 2. The van der Waals surface area contributed by atoms with Crippen molar-refractivity contribution in [2.75, 3.05) is 11.4 Å². The van der Waals surface area contributed by atoms with Crippen LogP contribution in [0.3, 0.4) is 0 Å². The molecule has 1 rings (SSSR count). The number of alkyl halides is 1. The maximum absolute atomic E-state index is 11.8. The van der Waals surface area contributed by atoms with Crippen LogP contribution >= 0.6 is 11.6 Å². The van der Waals surface area contributed by atoms with E-state index < -0.39 is 11.7 Å². The lowest BCUT2D eigenvalue weighted by Gasteiger charge is -2.20. The van der Waals surface area contributed by atoms with Crippen LogP contribution in [0.25, 0.3) is 0 Å². The molecule has 21 heavy (non-hydrogen) atoms. The Labute approximate surface area is 129 Å². The number of halogens is 1. The Morgan fingerprint density at radius 3 is 2.52 bits per heavy atom. The van der Waals surface area contributed by atoms with Crippen molar-refractivity contribution in [3.63, 3.8) is 0 Å². The van der Waals surface area contributed by atoms with Crippen molar-refractivity contribution in [2.24, 2.45) is 0 Å². The van der Waals surface area contributed by atoms with E-state index >= 15 is 0 Å². The lowest BCUT2D eigenvalue weighted by Crippen LogP contribution is -2.27. The number of hydrogen-bond donors (Lipinski definition) is 1. The molecule has 0 radical (unpaired) electrons. The fourth-order valence-electron chi connectivity index (χ4n) is 1.64. The van der Waals surface area contributed by atoms with Gasteiger partial charge < -0.3 is 9.47 Å². The summed E-state index contributed by atoms with van der Waals surface area (Å²) in [7, 11) is 0. The van der Waals surface area contributed by atoms with E-state index in [0.717, 1.165) is 5.56 Å². The van der Waals surface area contributed by atoms with Crippen LogP contribution in [0.2, 0.25) is 0 Å². The quantitative estimate of drug-likeness (QED) is 0.665. The zero-order chi connectivity index (χ0) is 15.9. The zero-order valence-corrected chi connectivity index (χ0v) is 13.2. The fraction of sp³-hybridized carbons (Fsp3) is 0.467. The summed E-state index contributed by atoms with van der Waals surface area (Å²) in [5.74, 6) is -0.378. The van der Waals surface area contributed by atoms with E-state index in [-0.39, 0.29) is 18.5 Å². The summed E-state index contributed by atoms with van der Waals surface area (Å²) in [4.78, 5) is 23.1. The molecule has 0 atom stereocenters. The molecule has 5 nitrogen and oxygen atoms in total. The lowest BCUT2D eigenvalue weighted by molar-refractivity contribution is -0.141. The molecule has 0 fully saturated rings. The standard InChI is InChI=1S/C15H20ClNO4/c1-15(2,3)21-14(19)17-12-7-5-4-6-11(12)8-9-13(18)20-10-16/h4-7H,8-10H2,1-3H3,(H,17,19). The maximum Gasteiger partial charge on any atom is 0.412 e. The van der Waals surface area contributed by atoms with Crippen LogP contribution in [0.1, 0.15) is 32.8 Å². The van der Waals surface area contributed by atoms with Gasteiger partial charge in [0.2, 0.25) is 0 Å². The van der Waals surface area contributed by atoms with Crippen LogP contribution in [-0.2, 0) is 20.7 Å². The molecule has 0 unspecified atom stereocenters. The molecule has 1 aromatic rings.